The quantitative estimate of drug-likeness (QED) is 0.753. The molecule has 2 aromatic rings. The van der Waals surface area contributed by atoms with Gasteiger partial charge in [0.25, 0.3) is 0 Å². The minimum atomic E-state index is -3.37. The molecule has 0 aliphatic carbocycles. The van der Waals surface area contributed by atoms with Crippen LogP contribution in [-0.4, -0.2) is 30.7 Å². The van der Waals surface area contributed by atoms with Gasteiger partial charge in [-0.25, -0.2) is 12.8 Å². The molecule has 0 bridgehead atoms. The van der Waals surface area contributed by atoms with Crippen molar-refractivity contribution < 1.29 is 27.5 Å². The van der Waals surface area contributed by atoms with Crippen molar-refractivity contribution in [3.05, 3.63) is 59.4 Å². The predicted octanol–water partition coefficient (Wildman–Crippen LogP) is 2.82. The number of hydrogen-bond donors (Lipinski definition) is 2. The highest BCUT2D eigenvalue weighted by molar-refractivity contribution is 7.92. The van der Waals surface area contributed by atoms with E-state index in [0.29, 0.717) is 5.56 Å². The van der Waals surface area contributed by atoms with Crippen LogP contribution in [0.5, 0.6) is 0 Å². The second kappa shape index (κ2) is 8.30. The van der Waals surface area contributed by atoms with Crippen molar-refractivity contribution in [2.45, 2.75) is 36.8 Å². The van der Waals surface area contributed by atoms with E-state index in [4.69, 9.17) is 5.11 Å². The number of anilines is 1. The Balaban J connectivity index is 2.04. The lowest BCUT2D eigenvalue weighted by molar-refractivity contribution is -0.136. The van der Waals surface area contributed by atoms with E-state index in [1.807, 2.05) is 0 Å². The lowest BCUT2D eigenvalue weighted by Gasteiger charge is -2.09. The molecule has 144 valence electrons. The number of carboxylic acid groups (broad SMARTS) is 1. The Bertz CT molecular complexity index is 953. The summed E-state index contributed by atoms with van der Waals surface area (Å²) in [6.45, 7) is 3.19. The molecule has 0 aliphatic rings. The van der Waals surface area contributed by atoms with E-state index >= 15 is 0 Å². The molecule has 0 saturated heterocycles. The number of carboxylic acids is 1. The van der Waals surface area contributed by atoms with Crippen LogP contribution in [0, 0.1) is 5.82 Å². The van der Waals surface area contributed by atoms with E-state index < -0.39 is 39.2 Å². The first-order valence-electron chi connectivity index (χ1n) is 8.22. The van der Waals surface area contributed by atoms with Gasteiger partial charge in [0.1, 0.15) is 5.82 Å². The third-order valence-corrected chi connectivity index (χ3v) is 6.09. The number of halogens is 1. The van der Waals surface area contributed by atoms with Crippen molar-refractivity contribution in [3.8, 4) is 0 Å². The molecule has 2 rings (SSSR count). The molecule has 0 spiro atoms. The number of carbonyl (C=O) groups is 2. The summed E-state index contributed by atoms with van der Waals surface area (Å²) in [6.07, 6.45) is -0.452. The Morgan fingerprint density at radius 3 is 2.22 bits per heavy atom. The topological polar surface area (TPSA) is 101 Å². The molecule has 0 heterocycles. The molecule has 8 heteroatoms. The summed E-state index contributed by atoms with van der Waals surface area (Å²) in [5.74, 6) is -2.26. The van der Waals surface area contributed by atoms with E-state index in [1.165, 1.54) is 24.3 Å². The molecule has 0 unspecified atom stereocenters. The summed E-state index contributed by atoms with van der Waals surface area (Å²) in [5, 5.41) is 10.7. The van der Waals surface area contributed by atoms with Crippen molar-refractivity contribution in [2.24, 2.45) is 0 Å². The van der Waals surface area contributed by atoms with E-state index in [2.05, 4.69) is 5.32 Å². The second-order valence-electron chi connectivity index (χ2n) is 6.34. The van der Waals surface area contributed by atoms with Crippen LogP contribution in [0.2, 0.25) is 0 Å². The second-order valence-corrected chi connectivity index (χ2v) is 8.84. The highest BCUT2D eigenvalue weighted by Crippen LogP contribution is 2.18. The average Bonchev–Trinajstić information content (AvgIpc) is 2.57. The van der Waals surface area contributed by atoms with Gasteiger partial charge < -0.3 is 10.4 Å². The first-order valence-corrected chi connectivity index (χ1v) is 9.77. The van der Waals surface area contributed by atoms with Crippen molar-refractivity contribution >= 4 is 27.4 Å². The summed E-state index contributed by atoms with van der Waals surface area (Å²) in [4.78, 5) is 22.9. The predicted molar refractivity (Wildman–Crippen MR) is 98.8 cm³/mol. The molecule has 2 aromatic carbocycles. The molecular weight excluding hydrogens is 373 g/mol. The maximum atomic E-state index is 13.8. The van der Waals surface area contributed by atoms with Gasteiger partial charge in [-0.15, -0.1) is 0 Å². The minimum absolute atomic E-state index is 0.0134. The standard InChI is InChI=1S/C19H20FNO5S/c1-12(2)27(25,26)16-7-3-13(4-8-16)9-18(22)21-15-6-5-14(10-19(23)24)17(20)11-15/h3-8,11-12H,9-10H2,1-2H3,(H,21,22)(H,23,24). The van der Waals surface area contributed by atoms with E-state index in [-0.39, 0.29) is 22.6 Å². The lowest BCUT2D eigenvalue weighted by atomic mass is 10.1. The van der Waals surface area contributed by atoms with Gasteiger partial charge in [-0.05, 0) is 49.2 Å². The zero-order valence-corrected chi connectivity index (χ0v) is 15.7. The molecule has 27 heavy (non-hydrogen) atoms. The van der Waals surface area contributed by atoms with Gasteiger partial charge >= 0.3 is 5.97 Å². The Labute approximate surface area is 157 Å². The maximum Gasteiger partial charge on any atom is 0.307 e. The van der Waals surface area contributed by atoms with Crippen LogP contribution < -0.4 is 5.32 Å². The van der Waals surface area contributed by atoms with E-state index in [0.717, 1.165) is 6.07 Å². The molecule has 1 amide bonds. The van der Waals surface area contributed by atoms with Crippen LogP contribution in [0.25, 0.3) is 0 Å². The number of carbonyl (C=O) groups excluding carboxylic acids is 1. The summed E-state index contributed by atoms with van der Waals surface area (Å²) in [5.41, 5.74) is 0.853. The van der Waals surface area contributed by atoms with Gasteiger partial charge in [0.2, 0.25) is 5.91 Å². The van der Waals surface area contributed by atoms with Crippen molar-refractivity contribution in [3.63, 3.8) is 0 Å². The smallest absolute Gasteiger partial charge is 0.307 e. The number of rotatable bonds is 7. The third-order valence-electron chi connectivity index (χ3n) is 3.92. The van der Waals surface area contributed by atoms with Crippen LogP contribution in [0.15, 0.2) is 47.4 Å². The molecule has 0 aromatic heterocycles. The van der Waals surface area contributed by atoms with Gasteiger partial charge in [-0.2, -0.15) is 0 Å². The Morgan fingerprint density at radius 2 is 1.70 bits per heavy atom. The molecule has 0 aliphatic heterocycles. The number of sulfone groups is 1. The lowest BCUT2D eigenvalue weighted by Crippen LogP contribution is -2.16. The van der Waals surface area contributed by atoms with Crippen LogP contribution >= 0.6 is 0 Å². The summed E-state index contributed by atoms with van der Waals surface area (Å²) in [7, 11) is -3.37. The van der Waals surface area contributed by atoms with Crippen LogP contribution in [0.1, 0.15) is 25.0 Å². The zero-order valence-electron chi connectivity index (χ0n) is 14.9. The number of hydrogen-bond acceptors (Lipinski definition) is 4. The number of benzene rings is 2. The molecule has 6 nitrogen and oxygen atoms in total. The largest absolute Gasteiger partial charge is 0.481 e. The van der Waals surface area contributed by atoms with E-state index in [9.17, 15) is 22.4 Å². The fourth-order valence-electron chi connectivity index (χ4n) is 2.39. The molecule has 0 fully saturated rings. The normalized spacial score (nSPS) is 11.4. The fraction of sp³-hybridized carbons (Fsp3) is 0.263. The average molecular weight is 393 g/mol. The SMILES string of the molecule is CC(C)S(=O)(=O)c1ccc(CC(=O)Nc2ccc(CC(=O)O)c(F)c2)cc1. The maximum absolute atomic E-state index is 13.8. The molecule has 2 N–H and O–H groups in total. The fourth-order valence-corrected chi connectivity index (χ4v) is 3.45. The van der Waals surface area contributed by atoms with Gasteiger partial charge in [-0.3, -0.25) is 9.59 Å². The Morgan fingerprint density at radius 1 is 1.07 bits per heavy atom. The van der Waals surface area contributed by atoms with Gasteiger partial charge in [0.15, 0.2) is 9.84 Å². The Hall–Kier alpha value is -2.74. The van der Waals surface area contributed by atoms with Crippen LogP contribution in [0.3, 0.4) is 0 Å². The van der Waals surface area contributed by atoms with Crippen LogP contribution in [0.4, 0.5) is 10.1 Å². The zero-order chi connectivity index (χ0) is 20.2. The highest BCUT2D eigenvalue weighted by atomic mass is 32.2. The summed E-state index contributed by atoms with van der Waals surface area (Å²) >= 11 is 0. The first kappa shape index (κ1) is 20.6. The third kappa shape index (κ3) is 5.37. The summed E-state index contributed by atoms with van der Waals surface area (Å²) in [6, 6.07) is 9.84. The van der Waals surface area contributed by atoms with Crippen molar-refractivity contribution in [2.75, 3.05) is 5.32 Å². The van der Waals surface area contributed by atoms with Crippen molar-refractivity contribution in [1.82, 2.24) is 0 Å². The monoisotopic (exact) mass is 393 g/mol. The molecule has 0 saturated carbocycles. The number of aliphatic carboxylic acids is 1. The van der Waals surface area contributed by atoms with E-state index in [1.54, 1.807) is 26.0 Å². The van der Waals surface area contributed by atoms with Crippen LogP contribution in [-0.2, 0) is 32.3 Å². The molecule has 0 atom stereocenters. The highest BCUT2D eigenvalue weighted by Gasteiger charge is 2.19. The van der Waals surface area contributed by atoms with Gasteiger partial charge in [-0.1, -0.05) is 18.2 Å². The van der Waals surface area contributed by atoms with Gasteiger partial charge in [0, 0.05) is 5.69 Å². The first-order chi connectivity index (χ1) is 12.6. The number of amides is 1. The minimum Gasteiger partial charge on any atom is -0.481 e. The molecule has 0 radical (unpaired) electrons. The Kier molecular flexibility index (Phi) is 6.32. The van der Waals surface area contributed by atoms with Gasteiger partial charge in [0.05, 0.1) is 23.0 Å². The molecular formula is C19H20FNO5S. The van der Waals surface area contributed by atoms with Crippen molar-refractivity contribution in [1.29, 1.82) is 0 Å². The number of nitrogens with one attached hydrogen (secondary N) is 1. The summed E-state index contributed by atoms with van der Waals surface area (Å²) < 4.78 is 38.0.